The van der Waals surface area contributed by atoms with E-state index in [9.17, 15) is 0 Å². The lowest BCUT2D eigenvalue weighted by Gasteiger charge is -2.35. The highest BCUT2D eigenvalue weighted by atomic mass is 31.2. The first-order chi connectivity index (χ1) is 22.7. The summed E-state index contributed by atoms with van der Waals surface area (Å²) in [5, 5.41) is 1.98. The SMILES string of the molecule is O=P12c3ccc(-c4ccccc4)cc3Oc3ccc(-c4ccc(-c5cccnc5)cc4)c(c31)Oc1cc(-c3ccccc3)ccc12. The predicted octanol–water partition coefficient (Wildman–Crippen LogP) is 9.60. The fraction of sp³-hybridized carbons (Fsp3) is 0. The summed E-state index contributed by atoms with van der Waals surface area (Å²) in [5.74, 6) is 2.34. The van der Waals surface area contributed by atoms with Gasteiger partial charge in [-0.1, -0.05) is 103 Å². The molecule has 0 bridgehead atoms. The van der Waals surface area contributed by atoms with Gasteiger partial charge in [-0.2, -0.15) is 0 Å². The highest BCUT2D eigenvalue weighted by molar-refractivity contribution is 7.86. The normalized spacial score (nSPS) is 15.5. The average Bonchev–Trinajstić information content (AvgIpc) is 3.12. The fourth-order valence-corrected chi connectivity index (χ4v) is 9.61. The first kappa shape index (κ1) is 26.7. The van der Waals surface area contributed by atoms with Gasteiger partial charge < -0.3 is 14.0 Å². The van der Waals surface area contributed by atoms with Gasteiger partial charge in [0.1, 0.15) is 28.3 Å². The summed E-state index contributed by atoms with van der Waals surface area (Å²) in [6.45, 7) is 0. The predicted molar refractivity (Wildman–Crippen MR) is 186 cm³/mol. The van der Waals surface area contributed by atoms with E-state index in [1.165, 1.54) is 0 Å². The molecule has 5 heteroatoms. The zero-order valence-corrected chi connectivity index (χ0v) is 25.5. The molecule has 218 valence electrons. The van der Waals surface area contributed by atoms with Gasteiger partial charge in [-0.15, -0.1) is 0 Å². The van der Waals surface area contributed by atoms with E-state index in [2.05, 4.69) is 53.5 Å². The van der Waals surface area contributed by atoms with Gasteiger partial charge in [0.05, 0.1) is 10.6 Å². The van der Waals surface area contributed by atoms with Gasteiger partial charge in [0, 0.05) is 18.0 Å². The second-order valence-electron chi connectivity index (χ2n) is 11.5. The molecule has 2 aliphatic rings. The maximum absolute atomic E-state index is 15.9. The number of benzene rings is 6. The van der Waals surface area contributed by atoms with Crippen molar-refractivity contribution in [2.45, 2.75) is 0 Å². The van der Waals surface area contributed by atoms with E-state index in [1.54, 1.807) is 6.20 Å². The smallest absolute Gasteiger partial charge is 0.185 e. The molecule has 0 aliphatic carbocycles. The van der Waals surface area contributed by atoms with Crippen LogP contribution in [0.3, 0.4) is 0 Å². The van der Waals surface area contributed by atoms with Crippen molar-refractivity contribution in [1.82, 2.24) is 4.98 Å². The average molecular weight is 612 g/mol. The topological polar surface area (TPSA) is 48.4 Å². The van der Waals surface area contributed by atoms with E-state index < -0.39 is 7.14 Å². The lowest BCUT2D eigenvalue weighted by atomic mass is 10.00. The molecule has 9 rings (SSSR count). The van der Waals surface area contributed by atoms with Gasteiger partial charge in [-0.25, -0.2) is 0 Å². The molecule has 1 unspecified atom stereocenters. The van der Waals surface area contributed by atoms with Crippen molar-refractivity contribution < 1.29 is 14.0 Å². The second-order valence-corrected chi connectivity index (χ2v) is 14.1. The lowest BCUT2D eigenvalue weighted by molar-refractivity contribution is 0.463. The number of pyridine rings is 1. The molecule has 46 heavy (non-hydrogen) atoms. The molecular weight excluding hydrogens is 585 g/mol. The van der Waals surface area contributed by atoms with Crippen molar-refractivity contribution in [1.29, 1.82) is 0 Å². The molecule has 0 saturated heterocycles. The van der Waals surface area contributed by atoms with Crippen LogP contribution in [0.1, 0.15) is 0 Å². The largest absolute Gasteiger partial charge is 0.456 e. The maximum atomic E-state index is 15.9. The Hall–Kier alpha value is -5.70. The van der Waals surface area contributed by atoms with Crippen molar-refractivity contribution >= 4 is 23.1 Å². The van der Waals surface area contributed by atoms with E-state index in [0.29, 0.717) is 38.9 Å². The number of hydrogen-bond donors (Lipinski definition) is 0. The number of rotatable bonds is 4. The zero-order valence-electron chi connectivity index (χ0n) is 24.6. The van der Waals surface area contributed by atoms with Crippen LogP contribution < -0.4 is 25.4 Å². The van der Waals surface area contributed by atoms with E-state index in [0.717, 1.165) is 44.5 Å². The lowest BCUT2D eigenvalue weighted by Crippen LogP contribution is -2.35. The summed E-state index contributed by atoms with van der Waals surface area (Å²) in [6.07, 6.45) is 3.63. The Morgan fingerprint density at radius 2 is 1.00 bits per heavy atom. The van der Waals surface area contributed by atoms with Gasteiger partial charge in [0.25, 0.3) is 0 Å². The summed E-state index contributed by atoms with van der Waals surface area (Å²) in [5.41, 5.74) is 8.09. The van der Waals surface area contributed by atoms with Crippen LogP contribution in [-0.4, -0.2) is 4.98 Å². The van der Waals surface area contributed by atoms with Crippen molar-refractivity contribution in [3.8, 4) is 67.5 Å². The van der Waals surface area contributed by atoms with Crippen molar-refractivity contribution in [3.05, 3.63) is 158 Å². The van der Waals surface area contributed by atoms with Crippen LogP contribution in [0.25, 0.3) is 44.5 Å². The van der Waals surface area contributed by atoms with Crippen LogP contribution in [-0.2, 0) is 4.57 Å². The Kier molecular flexibility index (Phi) is 6.06. The van der Waals surface area contributed by atoms with Crippen LogP contribution in [0.4, 0.5) is 0 Å². The molecular formula is C41H26NO3P. The Labute approximate surface area is 266 Å². The molecule has 0 amide bonds. The summed E-state index contributed by atoms with van der Waals surface area (Å²) < 4.78 is 29.3. The molecule has 0 N–H and O–H groups in total. The van der Waals surface area contributed by atoms with E-state index in [4.69, 9.17) is 9.47 Å². The summed E-state index contributed by atoms with van der Waals surface area (Å²) >= 11 is 0. The molecule has 6 aromatic carbocycles. The first-order valence-corrected chi connectivity index (χ1v) is 16.9. The monoisotopic (exact) mass is 611 g/mol. The van der Waals surface area contributed by atoms with Crippen molar-refractivity contribution in [3.63, 3.8) is 0 Å². The number of fused-ring (bicyclic) bond motifs is 4. The number of aromatic nitrogens is 1. The Balaban J connectivity index is 1.24. The highest BCUT2D eigenvalue weighted by Crippen LogP contribution is 2.60. The van der Waals surface area contributed by atoms with Crippen LogP contribution in [0, 0.1) is 0 Å². The molecule has 0 spiro atoms. The molecule has 0 saturated carbocycles. The Morgan fingerprint density at radius 1 is 0.457 bits per heavy atom. The van der Waals surface area contributed by atoms with E-state index in [-0.39, 0.29) is 0 Å². The third-order valence-corrected chi connectivity index (χ3v) is 12.0. The second kappa shape index (κ2) is 10.4. The number of ether oxygens (including phenoxy) is 2. The summed E-state index contributed by atoms with van der Waals surface area (Å²) in [4.78, 5) is 4.27. The third kappa shape index (κ3) is 4.15. The fourth-order valence-electron chi connectivity index (χ4n) is 6.57. The van der Waals surface area contributed by atoms with Gasteiger partial charge in [-0.05, 0) is 81.4 Å². The first-order valence-electron chi connectivity index (χ1n) is 15.2. The number of hydrogen-bond acceptors (Lipinski definition) is 4. The van der Waals surface area contributed by atoms with Gasteiger partial charge in [-0.3, -0.25) is 4.98 Å². The molecule has 2 aliphatic heterocycles. The van der Waals surface area contributed by atoms with Crippen LogP contribution in [0.15, 0.2) is 158 Å². The third-order valence-electron chi connectivity index (χ3n) is 8.84. The molecule has 3 heterocycles. The zero-order chi connectivity index (χ0) is 30.7. The van der Waals surface area contributed by atoms with Gasteiger partial charge in [0.15, 0.2) is 7.14 Å². The van der Waals surface area contributed by atoms with Crippen LogP contribution >= 0.6 is 7.14 Å². The van der Waals surface area contributed by atoms with Crippen molar-refractivity contribution in [2.75, 3.05) is 0 Å². The Bertz CT molecular complexity index is 2300. The molecule has 1 atom stereocenters. The maximum Gasteiger partial charge on any atom is 0.185 e. The molecule has 7 aromatic rings. The quantitative estimate of drug-likeness (QED) is 0.186. The summed E-state index contributed by atoms with van der Waals surface area (Å²) in [6, 6.07) is 48.6. The van der Waals surface area contributed by atoms with Crippen molar-refractivity contribution in [2.24, 2.45) is 0 Å². The summed E-state index contributed by atoms with van der Waals surface area (Å²) in [7, 11) is -3.40. The molecule has 0 fully saturated rings. The molecule has 0 radical (unpaired) electrons. The van der Waals surface area contributed by atoms with Gasteiger partial charge >= 0.3 is 0 Å². The minimum absolute atomic E-state index is 0.560. The van der Waals surface area contributed by atoms with Crippen LogP contribution in [0.2, 0.25) is 0 Å². The Morgan fingerprint density at radius 3 is 1.61 bits per heavy atom. The minimum atomic E-state index is -3.40. The van der Waals surface area contributed by atoms with Crippen LogP contribution in [0.5, 0.6) is 23.0 Å². The van der Waals surface area contributed by atoms with E-state index in [1.807, 2.05) is 103 Å². The molecule has 1 aromatic heterocycles. The standard InChI is InChI=1S/C41H26NO3P/c43-46-38-21-17-31(27-8-3-1-4-9-27)24-36(38)44-35-20-19-34(30-15-13-29(14-16-30)33-12-7-23-42-26-33)40(41(35)46)45-37-25-32(18-22-39(37)46)28-10-5-2-6-11-28/h1-26H. The molecule has 4 nitrogen and oxygen atoms in total. The highest BCUT2D eigenvalue weighted by Gasteiger charge is 2.47. The number of nitrogens with zero attached hydrogens (tertiary/aromatic N) is 1. The van der Waals surface area contributed by atoms with E-state index >= 15 is 4.57 Å². The minimum Gasteiger partial charge on any atom is -0.456 e. The van der Waals surface area contributed by atoms with Gasteiger partial charge in [0.2, 0.25) is 0 Å².